The lowest BCUT2D eigenvalue weighted by Gasteiger charge is -2.24. The van der Waals surface area contributed by atoms with Gasteiger partial charge >= 0.3 is 6.03 Å². The number of carbonyl (C=O) groups excluding carboxylic acids is 4. The number of carbonyl (C=O) groups is 4. The molecule has 0 radical (unpaired) electrons. The molecule has 1 fully saturated rings. The third kappa shape index (κ3) is 6.27. The Balaban J connectivity index is 1.42. The first kappa shape index (κ1) is 25.7. The SMILES string of the molecule is Cc1cccc(Cc2nnc(C(=O)[C@@H](NC(=O)CN3C(=O)NC(=O)C3Cc3ccccc3)C(C)C)o2)c1. The van der Waals surface area contributed by atoms with E-state index in [9.17, 15) is 19.2 Å². The Bertz CT molecular complexity index is 1300. The second-order valence-electron chi connectivity index (χ2n) is 9.45. The predicted molar refractivity (Wildman–Crippen MR) is 134 cm³/mol. The molecule has 3 aromatic rings. The first-order chi connectivity index (χ1) is 17.7. The Kier molecular flexibility index (Phi) is 7.76. The zero-order valence-electron chi connectivity index (χ0n) is 20.9. The third-order valence-electron chi connectivity index (χ3n) is 6.14. The van der Waals surface area contributed by atoms with Crippen LogP contribution in [0.1, 0.15) is 47.1 Å². The van der Waals surface area contributed by atoms with Gasteiger partial charge in [0.15, 0.2) is 0 Å². The number of benzene rings is 2. The molecule has 2 aromatic carbocycles. The van der Waals surface area contributed by atoms with Crippen LogP contribution in [0, 0.1) is 12.8 Å². The molecule has 4 rings (SSSR count). The topological polar surface area (TPSA) is 134 Å². The first-order valence-corrected chi connectivity index (χ1v) is 12.1. The lowest BCUT2D eigenvalue weighted by atomic mass is 9.99. The van der Waals surface area contributed by atoms with Gasteiger partial charge in [0.1, 0.15) is 12.6 Å². The van der Waals surface area contributed by atoms with Crippen molar-refractivity contribution in [1.29, 1.82) is 0 Å². The van der Waals surface area contributed by atoms with E-state index >= 15 is 0 Å². The molecular weight excluding hydrogens is 474 g/mol. The van der Waals surface area contributed by atoms with Crippen LogP contribution in [0.2, 0.25) is 0 Å². The van der Waals surface area contributed by atoms with E-state index in [1.807, 2.05) is 61.5 Å². The van der Waals surface area contributed by atoms with Crippen LogP contribution in [0.4, 0.5) is 4.79 Å². The van der Waals surface area contributed by atoms with Gasteiger partial charge in [-0.05, 0) is 24.0 Å². The number of nitrogens with zero attached hydrogens (tertiary/aromatic N) is 3. The fraction of sp³-hybridized carbons (Fsp3) is 0.333. The van der Waals surface area contributed by atoms with Crippen molar-refractivity contribution in [3.05, 3.63) is 83.1 Å². The van der Waals surface area contributed by atoms with Gasteiger partial charge in [-0.25, -0.2) is 4.79 Å². The molecule has 1 saturated heterocycles. The van der Waals surface area contributed by atoms with Crippen molar-refractivity contribution >= 4 is 23.6 Å². The van der Waals surface area contributed by atoms with Crippen molar-refractivity contribution in [3.63, 3.8) is 0 Å². The minimum absolute atomic E-state index is 0.197. The fourth-order valence-corrected chi connectivity index (χ4v) is 4.23. The van der Waals surface area contributed by atoms with Gasteiger partial charge < -0.3 is 14.6 Å². The van der Waals surface area contributed by atoms with E-state index in [2.05, 4.69) is 20.8 Å². The Morgan fingerprint density at radius 2 is 1.78 bits per heavy atom. The Morgan fingerprint density at radius 3 is 2.49 bits per heavy atom. The summed E-state index contributed by atoms with van der Waals surface area (Å²) in [4.78, 5) is 52.0. The number of nitrogens with one attached hydrogen (secondary N) is 2. The second kappa shape index (κ2) is 11.2. The van der Waals surface area contributed by atoms with E-state index in [0.717, 1.165) is 16.7 Å². The number of hydrogen-bond acceptors (Lipinski definition) is 7. The molecule has 0 saturated carbocycles. The first-order valence-electron chi connectivity index (χ1n) is 12.1. The molecule has 192 valence electrons. The van der Waals surface area contributed by atoms with Crippen molar-refractivity contribution in [2.75, 3.05) is 6.54 Å². The molecule has 0 aliphatic carbocycles. The monoisotopic (exact) mass is 503 g/mol. The molecule has 0 bridgehead atoms. The zero-order chi connectivity index (χ0) is 26.5. The van der Waals surface area contributed by atoms with E-state index in [-0.39, 0.29) is 24.8 Å². The molecule has 1 aliphatic heterocycles. The number of hydrogen-bond donors (Lipinski definition) is 2. The van der Waals surface area contributed by atoms with Crippen molar-refractivity contribution in [2.24, 2.45) is 5.92 Å². The molecule has 1 aliphatic rings. The third-order valence-corrected chi connectivity index (χ3v) is 6.14. The number of imide groups is 1. The van der Waals surface area contributed by atoms with Gasteiger partial charge in [0.2, 0.25) is 17.6 Å². The number of urea groups is 1. The summed E-state index contributed by atoms with van der Waals surface area (Å²) in [7, 11) is 0. The molecule has 4 amide bonds. The average Bonchev–Trinajstić information content (AvgIpc) is 3.42. The summed E-state index contributed by atoms with van der Waals surface area (Å²) in [6.07, 6.45) is 0.644. The molecule has 10 heteroatoms. The predicted octanol–water partition coefficient (Wildman–Crippen LogP) is 2.46. The minimum Gasteiger partial charge on any atom is -0.418 e. The molecule has 1 unspecified atom stereocenters. The molecule has 37 heavy (non-hydrogen) atoms. The fourth-order valence-electron chi connectivity index (χ4n) is 4.23. The largest absolute Gasteiger partial charge is 0.418 e. The highest BCUT2D eigenvalue weighted by Gasteiger charge is 2.40. The molecule has 2 atom stereocenters. The summed E-state index contributed by atoms with van der Waals surface area (Å²) in [5.74, 6) is -1.76. The van der Waals surface area contributed by atoms with E-state index in [4.69, 9.17) is 4.42 Å². The Morgan fingerprint density at radius 1 is 1.05 bits per heavy atom. The summed E-state index contributed by atoms with van der Waals surface area (Å²) in [6.45, 7) is 5.15. The maximum Gasteiger partial charge on any atom is 0.325 e. The number of aromatic nitrogens is 2. The van der Waals surface area contributed by atoms with Gasteiger partial charge in [-0.3, -0.25) is 19.7 Å². The molecule has 1 aromatic heterocycles. The van der Waals surface area contributed by atoms with Crippen molar-refractivity contribution in [3.8, 4) is 0 Å². The molecule has 2 N–H and O–H groups in total. The summed E-state index contributed by atoms with van der Waals surface area (Å²) >= 11 is 0. The summed E-state index contributed by atoms with van der Waals surface area (Å²) in [5.41, 5.74) is 2.92. The second-order valence-corrected chi connectivity index (χ2v) is 9.45. The highest BCUT2D eigenvalue weighted by Crippen LogP contribution is 2.16. The highest BCUT2D eigenvalue weighted by atomic mass is 16.4. The maximum atomic E-state index is 13.1. The smallest absolute Gasteiger partial charge is 0.325 e. The van der Waals surface area contributed by atoms with Crippen molar-refractivity contribution < 1.29 is 23.6 Å². The molecule has 0 spiro atoms. The molecule has 10 nitrogen and oxygen atoms in total. The number of Topliss-reactive ketones (excluding diaryl/α,β-unsaturated/α-hetero) is 1. The van der Waals surface area contributed by atoms with E-state index in [0.29, 0.717) is 12.3 Å². The standard InChI is InChI=1S/C27H29N5O5/c1-16(2)23(24(34)26-31-30-22(37-26)14-19-11-7-8-17(3)12-19)28-21(33)15-32-20(25(35)29-27(32)36)13-18-9-5-4-6-10-18/h4-12,16,20,23H,13-15H2,1-3H3,(H,28,33)(H,29,35,36)/t20?,23-/m0/s1. The van der Waals surface area contributed by atoms with Gasteiger partial charge in [-0.1, -0.05) is 74.0 Å². The average molecular weight is 504 g/mol. The van der Waals surface area contributed by atoms with Crippen molar-refractivity contribution in [2.45, 2.75) is 45.7 Å². The minimum atomic E-state index is -0.950. The van der Waals surface area contributed by atoms with Crippen LogP contribution in [0.15, 0.2) is 59.0 Å². The van der Waals surface area contributed by atoms with E-state index in [1.165, 1.54) is 4.90 Å². The molecular formula is C27H29N5O5. The summed E-state index contributed by atoms with van der Waals surface area (Å²) in [5, 5.41) is 12.8. The molecule has 2 heterocycles. The zero-order valence-corrected chi connectivity index (χ0v) is 20.9. The van der Waals surface area contributed by atoms with Crippen molar-refractivity contribution in [1.82, 2.24) is 25.7 Å². The van der Waals surface area contributed by atoms with Gasteiger partial charge in [0.05, 0.1) is 12.5 Å². The number of ketones is 1. The van der Waals surface area contributed by atoms with Gasteiger partial charge in [0, 0.05) is 6.42 Å². The Hall–Kier alpha value is -4.34. The maximum absolute atomic E-state index is 13.1. The van der Waals surface area contributed by atoms with Crippen LogP contribution < -0.4 is 10.6 Å². The lowest BCUT2D eigenvalue weighted by Crippen LogP contribution is -2.50. The normalized spacial score (nSPS) is 16.1. The highest BCUT2D eigenvalue weighted by molar-refractivity contribution is 6.06. The number of rotatable bonds is 10. The van der Waals surface area contributed by atoms with Crippen LogP contribution in [-0.4, -0.2) is 57.4 Å². The summed E-state index contributed by atoms with van der Waals surface area (Å²) < 4.78 is 5.61. The van der Waals surface area contributed by atoms with Gasteiger partial charge in [-0.15, -0.1) is 10.2 Å². The van der Waals surface area contributed by atoms with Gasteiger partial charge in [-0.2, -0.15) is 0 Å². The Labute approximate surface area is 214 Å². The van der Waals surface area contributed by atoms with Crippen LogP contribution in [0.25, 0.3) is 0 Å². The van der Waals surface area contributed by atoms with Crippen LogP contribution >= 0.6 is 0 Å². The lowest BCUT2D eigenvalue weighted by molar-refractivity contribution is -0.124. The summed E-state index contributed by atoms with van der Waals surface area (Å²) in [6, 6.07) is 14.6. The number of aryl methyl sites for hydroxylation is 1. The van der Waals surface area contributed by atoms with Crippen LogP contribution in [-0.2, 0) is 22.4 Å². The van der Waals surface area contributed by atoms with Crippen LogP contribution in [0.3, 0.4) is 0 Å². The van der Waals surface area contributed by atoms with E-state index < -0.39 is 35.7 Å². The quantitative estimate of drug-likeness (QED) is 0.321. The number of amides is 4. The van der Waals surface area contributed by atoms with E-state index in [1.54, 1.807) is 13.8 Å². The van der Waals surface area contributed by atoms with Crippen LogP contribution in [0.5, 0.6) is 0 Å². The van der Waals surface area contributed by atoms with Gasteiger partial charge in [0.25, 0.3) is 11.8 Å².